The van der Waals surface area contributed by atoms with Crippen molar-refractivity contribution in [2.45, 2.75) is 19.3 Å². The van der Waals surface area contributed by atoms with Crippen LogP contribution in [0.2, 0.25) is 0 Å². The van der Waals surface area contributed by atoms with Crippen molar-refractivity contribution < 1.29 is 14.6 Å². The van der Waals surface area contributed by atoms with Gasteiger partial charge in [-0.3, -0.25) is 9.69 Å². The van der Waals surface area contributed by atoms with Crippen LogP contribution < -0.4 is 4.74 Å². The molecule has 0 radical (unpaired) electrons. The van der Waals surface area contributed by atoms with Crippen molar-refractivity contribution in [3.05, 3.63) is 54.6 Å². The topological polar surface area (TPSA) is 53.0 Å². The SMILES string of the molecule is O=C(CCCCN1CCN(CCO)CC1)Oc1ccc(-c2ccccc2)cc1. The van der Waals surface area contributed by atoms with E-state index >= 15 is 0 Å². The van der Waals surface area contributed by atoms with Crippen LogP contribution in [0.25, 0.3) is 11.1 Å². The fourth-order valence-corrected chi connectivity index (χ4v) is 3.51. The molecule has 1 fully saturated rings. The minimum Gasteiger partial charge on any atom is -0.427 e. The van der Waals surface area contributed by atoms with E-state index in [-0.39, 0.29) is 12.6 Å². The summed E-state index contributed by atoms with van der Waals surface area (Å²) in [5.41, 5.74) is 2.26. The number of rotatable bonds is 9. The molecule has 0 atom stereocenters. The maximum absolute atomic E-state index is 12.1. The van der Waals surface area contributed by atoms with Crippen LogP contribution in [0.3, 0.4) is 0 Å². The molecule has 0 aromatic heterocycles. The van der Waals surface area contributed by atoms with Gasteiger partial charge in [-0.1, -0.05) is 42.5 Å². The number of nitrogens with zero attached hydrogens (tertiary/aromatic N) is 2. The van der Waals surface area contributed by atoms with E-state index in [2.05, 4.69) is 21.9 Å². The van der Waals surface area contributed by atoms with Crippen LogP contribution >= 0.6 is 0 Å². The Morgan fingerprint density at radius 1 is 0.821 bits per heavy atom. The molecule has 1 aliphatic heterocycles. The molecule has 0 unspecified atom stereocenters. The summed E-state index contributed by atoms with van der Waals surface area (Å²) in [5.74, 6) is 0.435. The highest BCUT2D eigenvalue weighted by Gasteiger charge is 2.15. The molecular formula is C23H30N2O3. The number of β-amino-alcohol motifs (C(OH)–C–C–N with tert-alkyl or cyclic N) is 1. The third kappa shape index (κ3) is 6.44. The second kappa shape index (κ2) is 11.0. The Kier molecular flexibility index (Phi) is 8.03. The van der Waals surface area contributed by atoms with Gasteiger partial charge in [0.15, 0.2) is 0 Å². The van der Waals surface area contributed by atoms with Crippen LogP contribution in [-0.2, 0) is 4.79 Å². The zero-order chi connectivity index (χ0) is 19.6. The van der Waals surface area contributed by atoms with E-state index in [4.69, 9.17) is 9.84 Å². The maximum atomic E-state index is 12.1. The first-order valence-electron chi connectivity index (χ1n) is 10.2. The molecule has 1 N–H and O–H groups in total. The van der Waals surface area contributed by atoms with Crippen LogP contribution in [0.1, 0.15) is 19.3 Å². The molecule has 150 valence electrons. The van der Waals surface area contributed by atoms with Crippen molar-refractivity contribution in [3.63, 3.8) is 0 Å². The summed E-state index contributed by atoms with van der Waals surface area (Å²) in [5, 5.41) is 8.98. The highest BCUT2D eigenvalue weighted by Crippen LogP contribution is 2.22. The second-order valence-electron chi connectivity index (χ2n) is 7.23. The minimum absolute atomic E-state index is 0.166. The van der Waals surface area contributed by atoms with Crippen LogP contribution in [0.4, 0.5) is 0 Å². The molecular weight excluding hydrogens is 352 g/mol. The molecule has 28 heavy (non-hydrogen) atoms. The second-order valence-corrected chi connectivity index (χ2v) is 7.23. The van der Waals surface area contributed by atoms with Gasteiger partial charge in [0.1, 0.15) is 5.75 Å². The molecule has 3 rings (SSSR count). The van der Waals surface area contributed by atoms with Gasteiger partial charge in [-0.25, -0.2) is 0 Å². The number of esters is 1. The number of piperazine rings is 1. The highest BCUT2D eigenvalue weighted by molar-refractivity contribution is 5.73. The van der Waals surface area contributed by atoms with Gasteiger partial charge in [0, 0.05) is 39.1 Å². The van der Waals surface area contributed by atoms with E-state index in [1.807, 2.05) is 42.5 Å². The summed E-state index contributed by atoms with van der Waals surface area (Å²) in [7, 11) is 0. The number of benzene rings is 2. The number of ether oxygens (including phenoxy) is 1. The lowest BCUT2D eigenvalue weighted by Gasteiger charge is -2.34. The normalized spacial score (nSPS) is 15.5. The number of hydrogen-bond donors (Lipinski definition) is 1. The largest absolute Gasteiger partial charge is 0.427 e. The van der Waals surface area contributed by atoms with Gasteiger partial charge in [-0.05, 0) is 42.6 Å². The van der Waals surface area contributed by atoms with Crippen LogP contribution in [0.5, 0.6) is 5.75 Å². The molecule has 2 aromatic carbocycles. The number of hydrogen-bond acceptors (Lipinski definition) is 5. The van der Waals surface area contributed by atoms with Crippen molar-refractivity contribution in [2.24, 2.45) is 0 Å². The first kappa shape index (κ1) is 20.5. The maximum Gasteiger partial charge on any atom is 0.311 e. The summed E-state index contributed by atoms with van der Waals surface area (Å²) in [6.07, 6.45) is 2.30. The van der Waals surface area contributed by atoms with E-state index < -0.39 is 0 Å². The summed E-state index contributed by atoms with van der Waals surface area (Å²) in [6, 6.07) is 17.8. The van der Waals surface area contributed by atoms with Crippen molar-refractivity contribution in [1.82, 2.24) is 9.80 Å². The molecule has 0 amide bonds. The third-order valence-electron chi connectivity index (χ3n) is 5.18. The molecule has 0 saturated carbocycles. The predicted octanol–water partition coefficient (Wildman–Crippen LogP) is 3.04. The molecule has 1 aliphatic rings. The molecule has 0 aliphatic carbocycles. The minimum atomic E-state index is -0.166. The first-order chi connectivity index (χ1) is 13.7. The van der Waals surface area contributed by atoms with Crippen LogP contribution in [-0.4, -0.2) is 66.8 Å². The fourth-order valence-electron chi connectivity index (χ4n) is 3.51. The fraction of sp³-hybridized carbons (Fsp3) is 0.435. The van der Waals surface area contributed by atoms with E-state index in [1.54, 1.807) is 0 Å². The van der Waals surface area contributed by atoms with E-state index in [0.29, 0.717) is 12.2 Å². The molecule has 5 nitrogen and oxygen atoms in total. The zero-order valence-corrected chi connectivity index (χ0v) is 16.4. The summed E-state index contributed by atoms with van der Waals surface area (Å²) in [4.78, 5) is 16.8. The van der Waals surface area contributed by atoms with Gasteiger partial charge in [0.05, 0.1) is 6.61 Å². The Hall–Kier alpha value is -2.21. The standard InChI is InChI=1S/C23H30N2O3/c26-19-18-25-16-14-24(15-17-25)13-5-4-8-23(27)28-22-11-9-21(10-12-22)20-6-2-1-3-7-20/h1-3,6-7,9-12,26H,4-5,8,13-19H2. The van der Waals surface area contributed by atoms with Crippen molar-refractivity contribution >= 4 is 5.97 Å². The zero-order valence-electron chi connectivity index (χ0n) is 16.4. The Balaban J connectivity index is 1.32. The van der Waals surface area contributed by atoms with Crippen molar-refractivity contribution in [3.8, 4) is 16.9 Å². The van der Waals surface area contributed by atoms with Crippen molar-refractivity contribution in [2.75, 3.05) is 45.9 Å². The van der Waals surface area contributed by atoms with Crippen LogP contribution in [0.15, 0.2) is 54.6 Å². The smallest absolute Gasteiger partial charge is 0.311 e. The van der Waals surface area contributed by atoms with E-state index in [9.17, 15) is 4.79 Å². The summed E-state index contributed by atoms with van der Waals surface area (Å²) < 4.78 is 5.46. The lowest BCUT2D eigenvalue weighted by atomic mass is 10.1. The monoisotopic (exact) mass is 382 g/mol. The molecule has 5 heteroatoms. The first-order valence-corrected chi connectivity index (χ1v) is 10.2. The van der Waals surface area contributed by atoms with Gasteiger partial charge in [0.25, 0.3) is 0 Å². The highest BCUT2D eigenvalue weighted by atomic mass is 16.5. The van der Waals surface area contributed by atoms with Gasteiger partial charge in [-0.15, -0.1) is 0 Å². The average molecular weight is 383 g/mol. The van der Waals surface area contributed by atoms with E-state index in [0.717, 1.165) is 63.2 Å². The van der Waals surface area contributed by atoms with Gasteiger partial charge in [-0.2, -0.15) is 0 Å². The molecule has 1 heterocycles. The number of aliphatic hydroxyl groups excluding tert-OH is 1. The number of carbonyl (C=O) groups is 1. The van der Waals surface area contributed by atoms with E-state index in [1.165, 1.54) is 0 Å². The molecule has 0 spiro atoms. The number of aliphatic hydroxyl groups is 1. The third-order valence-corrected chi connectivity index (χ3v) is 5.18. The summed E-state index contributed by atoms with van der Waals surface area (Å²) in [6.45, 7) is 6.13. The number of carbonyl (C=O) groups excluding carboxylic acids is 1. The lowest BCUT2D eigenvalue weighted by molar-refractivity contribution is -0.134. The lowest BCUT2D eigenvalue weighted by Crippen LogP contribution is -2.47. The predicted molar refractivity (Wildman–Crippen MR) is 111 cm³/mol. The molecule has 1 saturated heterocycles. The Morgan fingerprint density at radius 2 is 1.43 bits per heavy atom. The Bertz CT molecular complexity index is 710. The number of unbranched alkanes of at least 4 members (excludes halogenated alkanes) is 1. The van der Waals surface area contributed by atoms with Crippen LogP contribution in [0, 0.1) is 0 Å². The molecule has 2 aromatic rings. The Labute approximate surface area is 167 Å². The quantitative estimate of drug-likeness (QED) is 0.410. The summed E-state index contributed by atoms with van der Waals surface area (Å²) >= 11 is 0. The van der Waals surface area contributed by atoms with Gasteiger partial charge in [0.2, 0.25) is 0 Å². The average Bonchev–Trinajstić information content (AvgIpc) is 2.74. The molecule has 0 bridgehead atoms. The van der Waals surface area contributed by atoms with Gasteiger partial charge < -0.3 is 14.7 Å². The Morgan fingerprint density at radius 3 is 2.07 bits per heavy atom. The van der Waals surface area contributed by atoms with Crippen molar-refractivity contribution in [1.29, 1.82) is 0 Å². The van der Waals surface area contributed by atoms with Gasteiger partial charge >= 0.3 is 5.97 Å².